The first-order valence-electron chi connectivity index (χ1n) is 6.20. The summed E-state index contributed by atoms with van der Waals surface area (Å²) in [6.07, 6.45) is 4.23. The first-order valence-corrected chi connectivity index (χ1v) is 7.01. The number of carbonyl (C=O) groups excluding carboxylic acids is 1. The number of nitrogens with one attached hydrogen (secondary N) is 2. The number of piperidine rings is 1. The van der Waals surface area contributed by atoms with Gasteiger partial charge >= 0.3 is 0 Å². The van der Waals surface area contributed by atoms with Gasteiger partial charge < -0.3 is 10.6 Å². The number of aromatic nitrogens is 1. The Labute approximate surface area is 107 Å². The largest absolute Gasteiger partial charge is 0.317 e. The van der Waals surface area contributed by atoms with Crippen molar-refractivity contribution in [3.05, 3.63) is 11.1 Å². The molecule has 0 aliphatic carbocycles. The number of carbonyl (C=O) groups is 1. The van der Waals surface area contributed by atoms with Crippen molar-refractivity contribution in [3.8, 4) is 0 Å². The maximum absolute atomic E-state index is 10.8. The molecule has 0 spiro atoms. The Morgan fingerprint density at radius 2 is 2.12 bits per heavy atom. The molecule has 17 heavy (non-hydrogen) atoms. The van der Waals surface area contributed by atoms with Gasteiger partial charge in [-0.25, -0.2) is 4.98 Å². The van der Waals surface area contributed by atoms with E-state index in [0.717, 1.165) is 18.2 Å². The van der Waals surface area contributed by atoms with Gasteiger partial charge in [0.25, 0.3) is 0 Å². The molecule has 1 aromatic rings. The molecule has 4 nitrogen and oxygen atoms in total. The normalized spacial score (nSPS) is 15.9. The molecule has 0 saturated carbocycles. The van der Waals surface area contributed by atoms with Gasteiger partial charge in [-0.15, -0.1) is 11.3 Å². The van der Waals surface area contributed by atoms with Crippen LogP contribution >= 0.6 is 11.3 Å². The van der Waals surface area contributed by atoms with Crippen LogP contribution in [0.4, 0.5) is 5.13 Å². The Balaban J connectivity index is 0.000000686. The van der Waals surface area contributed by atoms with Crippen molar-refractivity contribution in [2.24, 2.45) is 0 Å². The Kier molecular flexibility index (Phi) is 6.15. The Morgan fingerprint density at radius 3 is 2.71 bits per heavy atom. The first kappa shape index (κ1) is 14.1. The Morgan fingerprint density at radius 1 is 1.47 bits per heavy atom. The van der Waals surface area contributed by atoms with Gasteiger partial charge in [-0.1, -0.05) is 13.8 Å². The van der Waals surface area contributed by atoms with Crippen LogP contribution in [0.25, 0.3) is 0 Å². The quantitative estimate of drug-likeness (QED) is 0.854. The summed E-state index contributed by atoms with van der Waals surface area (Å²) in [5.41, 5.74) is 0. The molecule has 1 amide bonds. The molecule has 0 unspecified atom stereocenters. The Hall–Kier alpha value is -0.940. The first-order chi connectivity index (χ1) is 8.25. The number of hydrogen-bond acceptors (Lipinski definition) is 4. The minimum absolute atomic E-state index is 0.0544. The molecule has 2 N–H and O–H groups in total. The van der Waals surface area contributed by atoms with E-state index >= 15 is 0 Å². The second-order valence-electron chi connectivity index (χ2n) is 3.77. The molecule has 0 aromatic carbocycles. The summed E-state index contributed by atoms with van der Waals surface area (Å²) in [4.78, 5) is 16.3. The maximum atomic E-state index is 10.8. The van der Waals surface area contributed by atoms with Gasteiger partial charge in [-0.2, -0.15) is 0 Å². The summed E-state index contributed by atoms with van der Waals surface area (Å²) in [6, 6.07) is 0. The smallest absolute Gasteiger partial charge is 0.223 e. The van der Waals surface area contributed by atoms with Gasteiger partial charge in [0, 0.05) is 18.0 Å². The van der Waals surface area contributed by atoms with Crippen LogP contribution in [0.1, 0.15) is 44.4 Å². The standard InChI is InChI=1S/C10H15N3OS.C2H6/c1-7(14)13-10-12-6-9(15-10)8-2-4-11-5-3-8;1-2/h6,8,11H,2-5H2,1H3,(H,12,13,14);1-2H3. The van der Waals surface area contributed by atoms with Crippen molar-refractivity contribution in [1.29, 1.82) is 0 Å². The Bertz CT molecular complexity index is 345. The van der Waals surface area contributed by atoms with Gasteiger partial charge in [-0.3, -0.25) is 4.79 Å². The predicted molar refractivity (Wildman–Crippen MR) is 72.6 cm³/mol. The zero-order valence-corrected chi connectivity index (χ0v) is 11.6. The summed E-state index contributed by atoms with van der Waals surface area (Å²) in [5, 5.41) is 6.77. The van der Waals surface area contributed by atoms with Gasteiger partial charge in [0.15, 0.2) is 5.13 Å². The van der Waals surface area contributed by atoms with Crippen molar-refractivity contribution < 1.29 is 4.79 Å². The fourth-order valence-corrected chi connectivity index (χ4v) is 2.82. The highest BCUT2D eigenvalue weighted by atomic mass is 32.1. The number of rotatable bonds is 2. The second-order valence-corrected chi connectivity index (χ2v) is 4.84. The van der Waals surface area contributed by atoms with Crippen molar-refractivity contribution >= 4 is 22.4 Å². The van der Waals surface area contributed by atoms with Crippen LogP contribution in [0, 0.1) is 0 Å². The fourth-order valence-electron chi connectivity index (χ4n) is 1.79. The van der Waals surface area contributed by atoms with Gasteiger partial charge in [0.05, 0.1) is 0 Å². The SMILES string of the molecule is CC.CC(=O)Nc1ncc(C2CCNCC2)s1. The number of hydrogen-bond donors (Lipinski definition) is 2. The molecule has 1 fully saturated rings. The minimum atomic E-state index is -0.0544. The van der Waals surface area contributed by atoms with Gasteiger partial charge in [0.1, 0.15) is 0 Å². The summed E-state index contributed by atoms with van der Waals surface area (Å²) >= 11 is 1.60. The third-order valence-corrected chi connectivity index (χ3v) is 3.62. The van der Waals surface area contributed by atoms with Crippen molar-refractivity contribution in [2.75, 3.05) is 18.4 Å². The van der Waals surface area contributed by atoms with Gasteiger partial charge in [-0.05, 0) is 31.8 Å². The van der Waals surface area contributed by atoms with E-state index in [1.54, 1.807) is 11.3 Å². The molecule has 0 atom stereocenters. The number of thiazole rings is 1. The fraction of sp³-hybridized carbons (Fsp3) is 0.667. The summed E-state index contributed by atoms with van der Waals surface area (Å²) in [6.45, 7) is 7.67. The highest BCUT2D eigenvalue weighted by Gasteiger charge is 2.17. The van der Waals surface area contributed by atoms with Crippen LogP contribution in [-0.4, -0.2) is 24.0 Å². The second kappa shape index (κ2) is 7.40. The van der Waals surface area contributed by atoms with Crippen molar-refractivity contribution in [1.82, 2.24) is 10.3 Å². The molecule has 1 aromatic heterocycles. The third kappa shape index (κ3) is 4.44. The molecule has 1 saturated heterocycles. The lowest BCUT2D eigenvalue weighted by Crippen LogP contribution is -2.26. The minimum Gasteiger partial charge on any atom is -0.317 e. The molecule has 2 heterocycles. The number of anilines is 1. The molecule has 0 bridgehead atoms. The van der Waals surface area contributed by atoms with E-state index in [4.69, 9.17) is 0 Å². The van der Waals surface area contributed by atoms with E-state index in [1.165, 1.54) is 24.6 Å². The lowest BCUT2D eigenvalue weighted by molar-refractivity contribution is -0.114. The van der Waals surface area contributed by atoms with Crippen LogP contribution in [-0.2, 0) is 4.79 Å². The molecular weight excluding hydrogens is 234 g/mol. The van der Waals surface area contributed by atoms with Crippen LogP contribution in [0.15, 0.2) is 6.20 Å². The zero-order valence-electron chi connectivity index (χ0n) is 10.7. The van der Waals surface area contributed by atoms with E-state index in [0.29, 0.717) is 5.92 Å². The molecule has 96 valence electrons. The molecular formula is C12H21N3OS. The molecule has 1 aliphatic heterocycles. The highest BCUT2D eigenvalue weighted by molar-refractivity contribution is 7.15. The van der Waals surface area contributed by atoms with E-state index in [1.807, 2.05) is 20.0 Å². The van der Waals surface area contributed by atoms with E-state index in [-0.39, 0.29) is 5.91 Å². The number of nitrogens with zero attached hydrogens (tertiary/aromatic N) is 1. The molecule has 1 aliphatic rings. The molecule has 0 radical (unpaired) electrons. The van der Waals surface area contributed by atoms with E-state index in [2.05, 4.69) is 15.6 Å². The lowest BCUT2D eigenvalue weighted by atomic mass is 9.97. The molecule has 5 heteroatoms. The lowest BCUT2D eigenvalue weighted by Gasteiger charge is -2.20. The predicted octanol–water partition coefficient (Wildman–Crippen LogP) is 2.59. The summed E-state index contributed by atoms with van der Waals surface area (Å²) < 4.78 is 0. The van der Waals surface area contributed by atoms with Crippen molar-refractivity contribution in [2.45, 2.75) is 39.5 Å². The van der Waals surface area contributed by atoms with Crippen LogP contribution in [0.3, 0.4) is 0 Å². The van der Waals surface area contributed by atoms with E-state index < -0.39 is 0 Å². The average molecular weight is 255 g/mol. The van der Waals surface area contributed by atoms with Crippen LogP contribution in [0.2, 0.25) is 0 Å². The van der Waals surface area contributed by atoms with E-state index in [9.17, 15) is 4.79 Å². The number of amides is 1. The highest BCUT2D eigenvalue weighted by Crippen LogP contribution is 2.31. The topological polar surface area (TPSA) is 54.0 Å². The third-order valence-electron chi connectivity index (χ3n) is 2.55. The van der Waals surface area contributed by atoms with Gasteiger partial charge in [0.2, 0.25) is 5.91 Å². The zero-order chi connectivity index (χ0) is 12.7. The maximum Gasteiger partial charge on any atom is 0.223 e. The summed E-state index contributed by atoms with van der Waals surface area (Å²) in [7, 11) is 0. The monoisotopic (exact) mass is 255 g/mol. The van der Waals surface area contributed by atoms with Crippen LogP contribution < -0.4 is 10.6 Å². The van der Waals surface area contributed by atoms with Crippen LogP contribution in [0.5, 0.6) is 0 Å². The average Bonchev–Trinajstić information content (AvgIpc) is 2.80. The molecule has 2 rings (SSSR count). The summed E-state index contributed by atoms with van der Waals surface area (Å²) in [5.74, 6) is 0.562. The van der Waals surface area contributed by atoms with Crippen molar-refractivity contribution in [3.63, 3.8) is 0 Å².